The fourth-order valence-electron chi connectivity index (χ4n) is 2.66. The molecule has 3 rings (SSSR count). The van der Waals surface area contributed by atoms with Crippen LogP contribution in [0.2, 0.25) is 0 Å². The number of rotatable bonds is 7. The third-order valence-electron chi connectivity index (χ3n) is 4.40. The number of carbonyl (C=O) groups is 1. The molecule has 140 valence electrons. The maximum absolute atomic E-state index is 12.1. The van der Waals surface area contributed by atoms with E-state index in [-0.39, 0.29) is 5.91 Å². The average molecular weight is 365 g/mol. The second-order valence-electron chi connectivity index (χ2n) is 6.44. The number of aromatic nitrogens is 2. The quantitative estimate of drug-likeness (QED) is 0.674. The van der Waals surface area contributed by atoms with E-state index in [4.69, 9.17) is 9.26 Å². The highest BCUT2D eigenvalue weighted by molar-refractivity contribution is 5.90. The van der Waals surface area contributed by atoms with Gasteiger partial charge in [-0.25, -0.2) is 0 Å². The zero-order valence-electron chi connectivity index (χ0n) is 15.8. The first-order chi connectivity index (χ1) is 13.0. The number of ether oxygens (including phenoxy) is 1. The molecule has 0 saturated carbocycles. The van der Waals surface area contributed by atoms with Crippen LogP contribution in [0, 0.1) is 13.8 Å². The Kier molecular flexibility index (Phi) is 5.86. The van der Waals surface area contributed by atoms with E-state index >= 15 is 0 Å². The molecule has 0 aliphatic carbocycles. The second kappa shape index (κ2) is 8.49. The Labute approximate surface area is 158 Å². The minimum atomic E-state index is -0.0202. The Hall–Kier alpha value is -3.15. The normalized spacial score (nSPS) is 10.6. The van der Waals surface area contributed by atoms with Gasteiger partial charge in [0.2, 0.25) is 17.6 Å². The number of carbonyl (C=O) groups excluding carboxylic acids is 1. The molecule has 1 heterocycles. The summed E-state index contributed by atoms with van der Waals surface area (Å²) < 4.78 is 10.4. The van der Waals surface area contributed by atoms with Crippen LogP contribution >= 0.6 is 0 Å². The van der Waals surface area contributed by atoms with E-state index in [1.165, 1.54) is 5.56 Å². The number of nitrogens with one attached hydrogen (secondary N) is 1. The van der Waals surface area contributed by atoms with Crippen LogP contribution in [0.4, 0.5) is 5.69 Å². The summed E-state index contributed by atoms with van der Waals surface area (Å²) in [6.45, 7) is 4.08. The molecule has 2 aromatic carbocycles. The highest BCUT2D eigenvalue weighted by atomic mass is 16.5. The highest BCUT2D eigenvalue weighted by Crippen LogP contribution is 2.20. The van der Waals surface area contributed by atoms with Gasteiger partial charge in [0.25, 0.3) is 0 Å². The molecule has 0 saturated heterocycles. The lowest BCUT2D eigenvalue weighted by molar-refractivity contribution is -0.116. The molecule has 0 unspecified atom stereocenters. The van der Waals surface area contributed by atoms with Gasteiger partial charge in [-0.15, -0.1) is 0 Å². The van der Waals surface area contributed by atoms with Crippen LogP contribution in [-0.2, 0) is 11.2 Å². The van der Waals surface area contributed by atoms with E-state index in [0.717, 1.165) is 22.6 Å². The van der Waals surface area contributed by atoms with Gasteiger partial charge in [-0.2, -0.15) is 4.98 Å². The van der Waals surface area contributed by atoms with Crippen LogP contribution in [0.15, 0.2) is 47.0 Å². The highest BCUT2D eigenvalue weighted by Gasteiger charge is 2.10. The van der Waals surface area contributed by atoms with Crippen LogP contribution in [0.5, 0.6) is 5.75 Å². The first-order valence-electron chi connectivity index (χ1n) is 8.89. The van der Waals surface area contributed by atoms with Gasteiger partial charge in [-0.1, -0.05) is 11.2 Å². The van der Waals surface area contributed by atoms with Crippen LogP contribution < -0.4 is 10.1 Å². The Bertz CT molecular complexity index is 917. The number of amides is 1. The second-order valence-corrected chi connectivity index (χ2v) is 6.44. The van der Waals surface area contributed by atoms with Crippen molar-refractivity contribution in [3.63, 3.8) is 0 Å². The van der Waals surface area contributed by atoms with Gasteiger partial charge in [0, 0.05) is 24.1 Å². The monoisotopic (exact) mass is 365 g/mol. The summed E-state index contributed by atoms with van der Waals surface area (Å²) in [5.41, 5.74) is 4.04. The predicted molar refractivity (Wildman–Crippen MR) is 104 cm³/mol. The molecule has 3 aromatic rings. The molecule has 6 nitrogen and oxygen atoms in total. The van der Waals surface area contributed by atoms with Crippen molar-refractivity contribution in [1.29, 1.82) is 0 Å². The van der Waals surface area contributed by atoms with Crippen molar-refractivity contribution in [2.45, 2.75) is 33.1 Å². The Balaban J connectivity index is 1.49. The number of benzene rings is 2. The summed E-state index contributed by atoms with van der Waals surface area (Å²) in [6.07, 6.45) is 1.59. The van der Waals surface area contributed by atoms with Crippen LogP contribution in [0.25, 0.3) is 11.4 Å². The van der Waals surface area contributed by atoms with Gasteiger partial charge < -0.3 is 14.6 Å². The fourth-order valence-corrected chi connectivity index (χ4v) is 2.66. The van der Waals surface area contributed by atoms with Gasteiger partial charge in [-0.3, -0.25) is 4.79 Å². The van der Waals surface area contributed by atoms with E-state index in [2.05, 4.69) is 15.5 Å². The predicted octanol–water partition coefficient (Wildman–Crippen LogP) is 4.32. The average Bonchev–Trinajstić information content (AvgIpc) is 3.14. The van der Waals surface area contributed by atoms with Crippen LogP contribution in [-0.4, -0.2) is 23.2 Å². The summed E-state index contributed by atoms with van der Waals surface area (Å²) >= 11 is 0. The molecule has 0 fully saturated rings. The smallest absolute Gasteiger partial charge is 0.226 e. The standard InChI is InChI=1S/C21H23N3O3/c1-14-7-10-17(13-15(14)2)22-19(25)5-4-6-20-23-21(24-27-20)16-8-11-18(26-3)12-9-16/h7-13H,4-6H2,1-3H3,(H,22,25). The van der Waals surface area contributed by atoms with Crippen molar-refractivity contribution in [2.24, 2.45) is 0 Å². The van der Waals surface area contributed by atoms with Crippen molar-refractivity contribution in [3.8, 4) is 17.1 Å². The van der Waals surface area contributed by atoms with E-state index in [0.29, 0.717) is 31.0 Å². The zero-order chi connectivity index (χ0) is 19.2. The zero-order valence-corrected chi connectivity index (χ0v) is 15.8. The summed E-state index contributed by atoms with van der Waals surface area (Å²) in [5, 5.41) is 6.92. The molecule has 1 N–H and O–H groups in total. The first kappa shape index (κ1) is 18.6. The van der Waals surface area contributed by atoms with Crippen molar-refractivity contribution < 1.29 is 14.1 Å². The molecule has 0 spiro atoms. The topological polar surface area (TPSA) is 77.2 Å². The van der Waals surface area contributed by atoms with Gasteiger partial charge in [0.15, 0.2) is 0 Å². The van der Waals surface area contributed by atoms with E-state index in [9.17, 15) is 4.79 Å². The van der Waals surface area contributed by atoms with Crippen molar-refractivity contribution in [1.82, 2.24) is 10.1 Å². The molecular weight excluding hydrogens is 342 g/mol. The largest absolute Gasteiger partial charge is 0.497 e. The van der Waals surface area contributed by atoms with Crippen molar-refractivity contribution in [3.05, 3.63) is 59.5 Å². The Morgan fingerprint density at radius 3 is 2.59 bits per heavy atom. The summed E-state index contributed by atoms with van der Waals surface area (Å²) in [5.74, 6) is 1.82. The van der Waals surface area contributed by atoms with Gasteiger partial charge >= 0.3 is 0 Å². The lowest BCUT2D eigenvalue weighted by Crippen LogP contribution is -2.11. The summed E-state index contributed by atoms with van der Waals surface area (Å²) in [6, 6.07) is 13.4. The lowest BCUT2D eigenvalue weighted by Gasteiger charge is -2.07. The summed E-state index contributed by atoms with van der Waals surface area (Å²) in [7, 11) is 1.62. The number of nitrogens with zero attached hydrogens (tertiary/aromatic N) is 2. The minimum Gasteiger partial charge on any atom is -0.497 e. The lowest BCUT2D eigenvalue weighted by atomic mass is 10.1. The number of hydrogen-bond donors (Lipinski definition) is 1. The molecular formula is C21H23N3O3. The number of methoxy groups -OCH3 is 1. The maximum Gasteiger partial charge on any atom is 0.226 e. The van der Waals surface area contributed by atoms with E-state index in [1.807, 2.05) is 56.3 Å². The molecule has 0 aliphatic rings. The number of anilines is 1. The molecule has 6 heteroatoms. The van der Waals surface area contributed by atoms with Crippen LogP contribution in [0.1, 0.15) is 29.9 Å². The molecule has 1 amide bonds. The first-order valence-corrected chi connectivity index (χ1v) is 8.89. The van der Waals surface area contributed by atoms with Gasteiger partial charge in [0.05, 0.1) is 7.11 Å². The van der Waals surface area contributed by atoms with E-state index in [1.54, 1.807) is 7.11 Å². The number of aryl methyl sites for hydroxylation is 3. The minimum absolute atomic E-state index is 0.0202. The molecule has 0 radical (unpaired) electrons. The fraction of sp³-hybridized carbons (Fsp3) is 0.286. The molecule has 0 atom stereocenters. The van der Waals surface area contributed by atoms with Gasteiger partial charge in [-0.05, 0) is 67.8 Å². The molecule has 1 aromatic heterocycles. The third kappa shape index (κ3) is 4.94. The maximum atomic E-state index is 12.1. The Morgan fingerprint density at radius 1 is 1.11 bits per heavy atom. The molecule has 0 bridgehead atoms. The SMILES string of the molecule is COc1ccc(-c2noc(CCCC(=O)Nc3ccc(C)c(C)c3)n2)cc1. The van der Waals surface area contributed by atoms with Crippen molar-refractivity contribution >= 4 is 11.6 Å². The molecule has 27 heavy (non-hydrogen) atoms. The Morgan fingerprint density at radius 2 is 1.89 bits per heavy atom. The van der Waals surface area contributed by atoms with E-state index < -0.39 is 0 Å². The van der Waals surface area contributed by atoms with Crippen molar-refractivity contribution in [2.75, 3.05) is 12.4 Å². The third-order valence-corrected chi connectivity index (χ3v) is 4.40. The summed E-state index contributed by atoms with van der Waals surface area (Å²) in [4.78, 5) is 16.5. The van der Waals surface area contributed by atoms with Crippen LogP contribution in [0.3, 0.4) is 0 Å². The molecule has 0 aliphatic heterocycles. The van der Waals surface area contributed by atoms with Gasteiger partial charge in [0.1, 0.15) is 5.75 Å². The number of hydrogen-bond acceptors (Lipinski definition) is 5.